The quantitative estimate of drug-likeness (QED) is 0.562. The first-order valence-corrected chi connectivity index (χ1v) is 5.24. The van der Waals surface area contributed by atoms with Gasteiger partial charge in [0.15, 0.2) is 6.10 Å². The van der Waals surface area contributed by atoms with Gasteiger partial charge < -0.3 is 9.47 Å². The van der Waals surface area contributed by atoms with Crippen molar-refractivity contribution in [1.82, 2.24) is 4.98 Å². The maximum atomic E-state index is 10.9. The molecule has 0 bridgehead atoms. The first kappa shape index (κ1) is 11.6. The van der Waals surface area contributed by atoms with E-state index in [1.54, 1.807) is 17.8 Å². The summed E-state index contributed by atoms with van der Waals surface area (Å²) >= 11 is 1.38. The number of nitrogens with zero attached hydrogens (tertiary/aromatic N) is 1. The Morgan fingerprint density at radius 3 is 2.87 bits per heavy atom. The van der Waals surface area contributed by atoms with E-state index in [0.29, 0.717) is 12.2 Å². The van der Waals surface area contributed by atoms with Crippen LogP contribution in [0.5, 0.6) is 0 Å². The van der Waals surface area contributed by atoms with E-state index in [-0.39, 0.29) is 0 Å². The summed E-state index contributed by atoms with van der Waals surface area (Å²) in [5, 5.41) is 1.75. The smallest absolute Gasteiger partial charge is 0.303 e. The molecule has 1 aromatic heterocycles. The molecule has 15 heavy (non-hydrogen) atoms. The van der Waals surface area contributed by atoms with Crippen molar-refractivity contribution in [2.45, 2.75) is 26.1 Å². The number of hydrogen-bond donors (Lipinski definition) is 0. The summed E-state index contributed by atoms with van der Waals surface area (Å²) in [6.07, 6.45) is -1.19. The van der Waals surface area contributed by atoms with Crippen LogP contribution in [0.4, 0.5) is 0 Å². The van der Waals surface area contributed by atoms with E-state index in [0.717, 1.165) is 0 Å². The van der Waals surface area contributed by atoms with Crippen LogP contribution in [0.1, 0.15) is 25.6 Å². The number of hydrogen-bond acceptors (Lipinski definition) is 6. The van der Waals surface area contributed by atoms with Crippen molar-refractivity contribution in [2.24, 2.45) is 0 Å². The molecule has 6 heteroatoms. The Labute approximate surface area is 91.0 Å². The highest BCUT2D eigenvalue weighted by Gasteiger charge is 2.25. The Kier molecular flexibility index (Phi) is 4.23. The zero-order valence-electron chi connectivity index (χ0n) is 8.38. The molecule has 0 aliphatic heterocycles. The second kappa shape index (κ2) is 5.45. The summed E-state index contributed by atoms with van der Waals surface area (Å²) in [6, 6.07) is 0. The van der Waals surface area contributed by atoms with Gasteiger partial charge in [0, 0.05) is 12.3 Å². The van der Waals surface area contributed by atoms with E-state index < -0.39 is 18.2 Å². The van der Waals surface area contributed by atoms with Crippen LogP contribution in [0, 0.1) is 0 Å². The minimum absolute atomic E-state index is 0.327. The van der Waals surface area contributed by atoms with E-state index in [1.807, 2.05) is 0 Å². The molecule has 5 nitrogen and oxygen atoms in total. The molecule has 0 saturated heterocycles. The molecule has 1 rings (SSSR count). The summed E-state index contributed by atoms with van der Waals surface area (Å²) in [6.45, 7) is 3.27. The molecule has 1 heterocycles. The molecule has 0 spiro atoms. The number of ether oxygens (including phenoxy) is 2. The average Bonchev–Trinajstić information content (AvgIpc) is 2.66. The highest BCUT2D eigenvalue weighted by molar-refractivity contribution is 7.07. The Bertz CT molecular complexity index is 325. The van der Waals surface area contributed by atoms with Gasteiger partial charge in [-0.1, -0.05) is 0 Å². The summed E-state index contributed by atoms with van der Waals surface area (Å²) in [5.74, 6) is -0.436. The molecular formula is C9H11NO4S. The summed E-state index contributed by atoms with van der Waals surface area (Å²) in [4.78, 5) is 25.1. The van der Waals surface area contributed by atoms with E-state index >= 15 is 0 Å². The molecule has 82 valence electrons. The van der Waals surface area contributed by atoms with E-state index in [2.05, 4.69) is 4.98 Å². The first-order valence-electron chi connectivity index (χ1n) is 4.29. The number of carbonyl (C=O) groups is 2. The molecule has 2 atom stereocenters. The Hall–Kier alpha value is -1.43. The summed E-state index contributed by atoms with van der Waals surface area (Å²) in [7, 11) is 0. The van der Waals surface area contributed by atoms with Crippen LogP contribution >= 0.6 is 11.3 Å². The van der Waals surface area contributed by atoms with Gasteiger partial charge in [-0.3, -0.25) is 9.59 Å². The molecule has 0 fully saturated rings. The van der Waals surface area contributed by atoms with Crippen LogP contribution in [0.25, 0.3) is 0 Å². The van der Waals surface area contributed by atoms with Gasteiger partial charge >= 0.3 is 5.97 Å². The molecule has 2 unspecified atom stereocenters. The number of esters is 1. The van der Waals surface area contributed by atoms with Gasteiger partial charge in [-0.05, 0) is 6.92 Å². The zero-order chi connectivity index (χ0) is 11.3. The molecular weight excluding hydrogens is 218 g/mol. The fourth-order valence-corrected chi connectivity index (χ4v) is 1.67. The normalized spacial score (nSPS) is 14.0. The van der Waals surface area contributed by atoms with Crippen LogP contribution in [0.2, 0.25) is 0 Å². The zero-order valence-corrected chi connectivity index (χ0v) is 9.19. The van der Waals surface area contributed by atoms with Gasteiger partial charge in [-0.15, -0.1) is 11.3 Å². The van der Waals surface area contributed by atoms with Crippen molar-refractivity contribution in [2.75, 3.05) is 0 Å². The molecule has 0 amide bonds. The minimum Gasteiger partial charge on any atom is -0.460 e. The van der Waals surface area contributed by atoms with Crippen molar-refractivity contribution >= 4 is 23.8 Å². The highest BCUT2D eigenvalue weighted by atomic mass is 32.1. The summed E-state index contributed by atoms with van der Waals surface area (Å²) in [5.41, 5.74) is 2.21. The fraction of sp³-hybridized carbons (Fsp3) is 0.444. The van der Waals surface area contributed by atoms with E-state index in [4.69, 9.17) is 9.47 Å². The van der Waals surface area contributed by atoms with Crippen LogP contribution < -0.4 is 0 Å². The van der Waals surface area contributed by atoms with Crippen LogP contribution in [-0.4, -0.2) is 23.5 Å². The van der Waals surface area contributed by atoms with Gasteiger partial charge in [-0.2, -0.15) is 0 Å². The lowest BCUT2D eigenvalue weighted by molar-refractivity contribution is -0.159. The lowest BCUT2D eigenvalue weighted by atomic mass is 10.2. The number of carbonyl (C=O) groups excluding carboxylic acids is 2. The lowest BCUT2D eigenvalue weighted by Crippen LogP contribution is -2.23. The molecule has 0 N–H and O–H groups in total. The van der Waals surface area contributed by atoms with Gasteiger partial charge in [0.05, 0.1) is 11.2 Å². The largest absolute Gasteiger partial charge is 0.460 e. The fourth-order valence-electron chi connectivity index (χ4n) is 1.10. The standard InChI is InChI=1S/C9H11NO4S/c1-6(13-5-11)9(14-7(2)12)8-3-15-4-10-8/h3-6,9H,1-2H3. The average molecular weight is 229 g/mol. The van der Waals surface area contributed by atoms with Gasteiger partial charge in [-0.25, -0.2) is 4.98 Å². The van der Waals surface area contributed by atoms with E-state index in [1.165, 1.54) is 18.3 Å². The number of rotatable bonds is 5. The molecule has 0 aliphatic carbocycles. The third-order valence-electron chi connectivity index (χ3n) is 1.73. The maximum Gasteiger partial charge on any atom is 0.303 e. The van der Waals surface area contributed by atoms with Gasteiger partial charge in [0.25, 0.3) is 6.47 Å². The molecule has 0 aromatic carbocycles. The second-order valence-corrected chi connectivity index (χ2v) is 3.60. The molecule has 0 aliphatic rings. The van der Waals surface area contributed by atoms with Crippen molar-refractivity contribution in [1.29, 1.82) is 0 Å². The second-order valence-electron chi connectivity index (χ2n) is 2.88. The number of aromatic nitrogens is 1. The SMILES string of the molecule is CC(=O)OC(c1cscn1)C(C)OC=O. The molecule has 1 aromatic rings. The highest BCUT2D eigenvalue weighted by Crippen LogP contribution is 2.23. The van der Waals surface area contributed by atoms with Crippen molar-refractivity contribution in [3.05, 3.63) is 16.6 Å². The number of thiazole rings is 1. The predicted octanol–water partition coefficient (Wildman–Crippen LogP) is 1.31. The van der Waals surface area contributed by atoms with Gasteiger partial charge in [0.2, 0.25) is 0 Å². The van der Waals surface area contributed by atoms with Crippen molar-refractivity contribution in [3.8, 4) is 0 Å². The first-order chi connectivity index (χ1) is 7.15. The molecule has 0 radical (unpaired) electrons. The van der Waals surface area contributed by atoms with Gasteiger partial charge in [0.1, 0.15) is 6.10 Å². The topological polar surface area (TPSA) is 65.5 Å². The Morgan fingerprint density at radius 2 is 2.40 bits per heavy atom. The van der Waals surface area contributed by atoms with Crippen molar-refractivity contribution in [3.63, 3.8) is 0 Å². The van der Waals surface area contributed by atoms with E-state index in [9.17, 15) is 9.59 Å². The van der Waals surface area contributed by atoms with Crippen LogP contribution in [-0.2, 0) is 19.1 Å². The minimum atomic E-state index is -0.640. The van der Waals surface area contributed by atoms with Crippen molar-refractivity contribution < 1.29 is 19.1 Å². The third-order valence-corrected chi connectivity index (χ3v) is 2.34. The molecule has 0 saturated carbocycles. The lowest BCUT2D eigenvalue weighted by Gasteiger charge is -2.20. The Balaban J connectivity index is 2.77. The van der Waals surface area contributed by atoms with Crippen LogP contribution in [0.3, 0.4) is 0 Å². The van der Waals surface area contributed by atoms with Crippen LogP contribution in [0.15, 0.2) is 10.9 Å². The monoisotopic (exact) mass is 229 g/mol. The summed E-state index contributed by atoms with van der Waals surface area (Å²) < 4.78 is 9.77. The maximum absolute atomic E-state index is 10.9. The third kappa shape index (κ3) is 3.32. The predicted molar refractivity (Wildman–Crippen MR) is 53.2 cm³/mol. The Morgan fingerprint density at radius 1 is 1.67 bits per heavy atom.